The summed E-state index contributed by atoms with van der Waals surface area (Å²) in [6.45, 7) is -0.0284. The summed E-state index contributed by atoms with van der Waals surface area (Å²) in [5.41, 5.74) is 0.703. The van der Waals surface area contributed by atoms with E-state index in [-0.39, 0.29) is 19.6 Å². The lowest BCUT2D eigenvalue weighted by Crippen LogP contribution is -2.46. The maximum atomic E-state index is 11.8. The van der Waals surface area contributed by atoms with Crippen molar-refractivity contribution in [2.75, 3.05) is 13.7 Å². The molecule has 0 aliphatic rings. The number of carbonyl (C=O) groups excluding carboxylic acids is 1. The van der Waals surface area contributed by atoms with Gasteiger partial charge in [-0.25, -0.2) is 9.59 Å². The van der Waals surface area contributed by atoms with E-state index in [4.69, 9.17) is 10.2 Å². The predicted molar refractivity (Wildman–Crippen MR) is 67.4 cm³/mol. The first-order valence-electron chi connectivity index (χ1n) is 5.79. The van der Waals surface area contributed by atoms with Gasteiger partial charge in [0, 0.05) is 26.3 Å². The van der Waals surface area contributed by atoms with Crippen LogP contribution in [0.5, 0.6) is 0 Å². The Morgan fingerprint density at radius 1 is 1.47 bits per heavy atom. The Balaban J connectivity index is 2.54. The van der Waals surface area contributed by atoms with E-state index in [0.717, 1.165) is 0 Å². The summed E-state index contributed by atoms with van der Waals surface area (Å²) >= 11 is 0. The molecule has 2 amide bonds. The van der Waals surface area contributed by atoms with Crippen molar-refractivity contribution in [3.8, 4) is 0 Å². The molecule has 0 spiro atoms. The fraction of sp³-hybridized carbons (Fsp3) is 0.417. The second-order valence-corrected chi connectivity index (χ2v) is 4.03. The molecule has 1 atom stereocenters. The largest absolute Gasteiger partial charge is 0.480 e. The molecule has 1 aromatic rings. The van der Waals surface area contributed by atoms with Crippen LogP contribution in [-0.2, 0) is 11.3 Å². The Morgan fingerprint density at radius 2 is 2.21 bits per heavy atom. The van der Waals surface area contributed by atoms with Gasteiger partial charge in [0.2, 0.25) is 0 Å². The Hall–Kier alpha value is -2.15. The van der Waals surface area contributed by atoms with E-state index in [2.05, 4.69) is 10.3 Å². The number of aliphatic carboxylic acids is 1. The van der Waals surface area contributed by atoms with Gasteiger partial charge in [-0.3, -0.25) is 4.98 Å². The minimum atomic E-state index is -1.17. The van der Waals surface area contributed by atoms with Gasteiger partial charge in [0.05, 0.1) is 12.2 Å². The number of carboxylic acids is 1. The zero-order valence-corrected chi connectivity index (χ0v) is 10.6. The number of aromatic nitrogens is 1. The summed E-state index contributed by atoms with van der Waals surface area (Å²) in [5, 5.41) is 19.9. The average molecular weight is 267 g/mol. The zero-order chi connectivity index (χ0) is 14.3. The molecule has 1 rings (SSSR count). The smallest absolute Gasteiger partial charge is 0.326 e. The number of aliphatic hydroxyl groups is 1. The summed E-state index contributed by atoms with van der Waals surface area (Å²) in [6.07, 6.45) is 1.59. The Labute approximate surface area is 110 Å². The molecule has 3 N–H and O–H groups in total. The molecule has 7 heteroatoms. The number of urea groups is 1. The van der Waals surface area contributed by atoms with Crippen LogP contribution in [0.25, 0.3) is 0 Å². The third-order valence-electron chi connectivity index (χ3n) is 2.49. The first-order valence-corrected chi connectivity index (χ1v) is 5.79. The van der Waals surface area contributed by atoms with Gasteiger partial charge >= 0.3 is 12.0 Å². The van der Waals surface area contributed by atoms with E-state index in [1.54, 1.807) is 31.4 Å². The van der Waals surface area contributed by atoms with Crippen LogP contribution in [0, 0.1) is 0 Å². The number of nitrogens with zero attached hydrogens (tertiary/aromatic N) is 2. The highest BCUT2D eigenvalue weighted by atomic mass is 16.4. The molecule has 0 unspecified atom stereocenters. The number of carboxylic acid groups (broad SMARTS) is 1. The number of nitrogens with one attached hydrogen (secondary N) is 1. The second-order valence-electron chi connectivity index (χ2n) is 4.03. The van der Waals surface area contributed by atoms with Crippen LogP contribution in [-0.4, -0.2) is 51.8 Å². The highest BCUT2D eigenvalue weighted by Gasteiger charge is 2.21. The molecule has 0 aliphatic heterocycles. The standard InChI is InChI=1S/C12H17N3O4/c1-15(8-9-4-2-3-6-13-9)12(19)14-10(5-7-16)11(17)18/h2-4,6,10,16H,5,7-8H2,1H3,(H,14,19)(H,17,18)/t10-/m0/s1. The molecule has 19 heavy (non-hydrogen) atoms. The van der Waals surface area contributed by atoms with Crippen molar-refractivity contribution in [1.82, 2.24) is 15.2 Å². The van der Waals surface area contributed by atoms with E-state index in [1.165, 1.54) is 4.90 Å². The number of amides is 2. The van der Waals surface area contributed by atoms with E-state index in [9.17, 15) is 9.59 Å². The van der Waals surface area contributed by atoms with Crippen molar-refractivity contribution in [3.63, 3.8) is 0 Å². The third kappa shape index (κ3) is 4.92. The summed E-state index contributed by atoms with van der Waals surface area (Å²) in [4.78, 5) is 28.0. The molecule has 104 valence electrons. The SMILES string of the molecule is CN(Cc1ccccn1)C(=O)N[C@@H](CCO)C(=O)O. The summed E-state index contributed by atoms with van der Waals surface area (Å²) in [6, 6.07) is 3.73. The monoisotopic (exact) mass is 267 g/mol. The van der Waals surface area contributed by atoms with Crippen molar-refractivity contribution >= 4 is 12.0 Å². The van der Waals surface area contributed by atoms with Crippen LogP contribution < -0.4 is 5.32 Å². The van der Waals surface area contributed by atoms with Crippen LogP contribution in [0.1, 0.15) is 12.1 Å². The number of aliphatic hydroxyl groups excluding tert-OH is 1. The van der Waals surface area contributed by atoms with Gasteiger partial charge in [-0.2, -0.15) is 0 Å². The Kier molecular flexibility index (Phi) is 5.74. The molecule has 1 heterocycles. The van der Waals surface area contributed by atoms with E-state index >= 15 is 0 Å². The number of hydrogen-bond donors (Lipinski definition) is 3. The number of rotatable bonds is 6. The summed E-state index contributed by atoms with van der Waals surface area (Å²) in [7, 11) is 1.54. The summed E-state index contributed by atoms with van der Waals surface area (Å²) in [5.74, 6) is -1.17. The normalized spacial score (nSPS) is 11.7. The van der Waals surface area contributed by atoms with Gasteiger partial charge in [0.1, 0.15) is 6.04 Å². The van der Waals surface area contributed by atoms with E-state index < -0.39 is 18.0 Å². The topological polar surface area (TPSA) is 103 Å². The first kappa shape index (κ1) is 14.9. The van der Waals surface area contributed by atoms with Crippen LogP contribution in [0.4, 0.5) is 4.79 Å². The molecular formula is C12H17N3O4. The van der Waals surface area contributed by atoms with Gasteiger partial charge in [-0.05, 0) is 12.1 Å². The molecule has 7 nitrogen and oxygen atoms in total. The van der Waals surface area contributed by atoms with Crippen molar-refractivity contribution in [1.29, 1.82) is 0 Å². The Bertz CT molecular complexity index is 424. The fourth-order valence-corrected chi connectivity index (χ4v) is 1.45. The van der Waals surface area contributed by atoms with Crippen molar-refractivity contribution in [2.24, 2.45) is 0 Å². The lowest BCUT2D eigenvalue weighted by molar-refractivity contribution is -0.139. The minimum Gasteiger partial charge on any atom is -0.480 e. The number of carbonyl (C=O) groups is 2. The highest BCUT2D eigenvalue weighted by Crippen LogP contribution is 2.00. The van der Waals surface area contributed by atoms with Crippen LogP contribution in [0.15, 0.2) is 24.4 Å². The molecular weight excluding hydrogens is 250 g/mol. The molecule has 0 aromatic carbocycles. The summed E-state index contributed by atoms with van der Waals surface area (Å²) < 4.78 is 0. The molecule has 0 fully saturated rings. The molecule has 0 bridgehead atoms. The quantitative estimate of drug-likeness (QED) is 0.676. The van der Waals surface area contributed by atoms with Crippen LogP contribution in [0.3, 0.4) is 0 Å². The van der Waals surface area contributed by atoms with E-state index in [0.29, 0.717) is 5.69 Å². The Morgan fingerprint density at radius 3 is 2.74 bits per heavy atom. The predicted octanol–water partition coefficient (Wildman–Crippen LogP) is 0.0586. The van der Waals surface area contributed by atoms with Gasteiger partial charge in [0.15, 0.2) is 0 Å². The molecule has 1 aromatic heterocycles. The first-order chi connectivity index (χ1) is 9.04. The van der Waals surface area contributed by atoms with Gasteiger partial charge < -0.3 is 20.4 Å². The van der Waals surface area contributed by atoms with Crippen LogP contribution >= 0.6 is 0 Å². The third-order valence-corrected chi connectivity index (χ3v) is 2.49. The lowest BCUT2D eigenvalue weighted by atomic mass is 10.2. The molecule has 0 aliphatic carbocycles. The van der Waals surface area contributed by atoms with Crippen molar-refractivity contribution < 1.29 is 19.8 Å². The van der Waals surface area contributed by atoms with Gasteiger partial charge in [-0.1, -0.05) is 6.07 Å². The average Bonchev–Trinajstić information content (AvgIpc) is 2.39. The molecule has 0 saturated heterocycles. The maximum absolute atomic E-state index is 11.8. The van der Waals surface area contributed by atoms with Crippen LogP contribution in [0.2, 0.25) is 0 Å². The fourth-order valence-electron chi connectivity index (χ4n) is 1.45. The number of pyridine rings is 1. The van der Waals surface area contributed by atoms with Gasteiger partial charge in [-0.15, -0.1) is 0 Å². The van der Waals surface area contributed by atoms with E-state index in [1.807, 2.05) is 0 Å². The zero-order valence-electron chi connectivity index (χ0n) is 10.6. The van der Waals surface area contributed by atoms with Gasteiger partial charge in [0.25, 0.3) is 0 Å². The minimum absolute atomic E-state index is 0.0293. The lowest BCUT2D eigenvalue weighted by Gasteiger charge is -2.20. The maximum Gasteiger partial charge on any atom is 0.326 e. The molecule has 0 saturated carbocycles. The van der Waals surface area contributed by atoms with Crippen molar-refractivity contribution in [2.45, 2.75) is 19.0 Å². The molecule has 0 radical (unpaired) electrons. The second kappa shape index (κ2) is 7.32. The highest BCUT2D eigenvalue weighted by molar-refractivity contribution is 5.82. The van der Waals surface area contributed by atoms with Crippen molar-refractivity contribution in [3.05, 3.63) is 30.1 Å². The number of hydrogen-bond acceptors (Lipinski definition) is 4.